The first-order chi connectivity index (χ1) is 5.61. The fourth-order valence-electron chi connectivity index (χ4n) is 1.10. The first-order valence-corrected chi connectivity index (χ1v) is 3.35. The van der Waals surface area contributed by atoms with E-state index in [-0.39, 0.29) is 5.95 Å². The van der Waals surface area contributed by atoms with Crippen LogP contribution in [-0.2, 0) is 0 Å². The van der Waals surface area contributed by atoms with Crippen molar-refractivity contribution in [1.29, 1.82) is 0 Å². The summed E-state index contributed by atoms with van der Waals surface area (Å²) >= 11 is 0. The Balaban J connectivity index is 2.98. The Morgan fingerprint density at radius 2 is 1.92 bits per heavy atom. The van der Waals surface area contributed by atoms with Gasteiger partial charge in [0.25, 0.3) is 0 Å². The first-order valence-electron chi connectivity index (χ1n) is 3.35. The van der Waals surface area contributed by atoms with Crippen LogP contribution in [0.4, 0.5) is 11.8 Å². The predicted octanol–water partition coefficient (Wildman–Crippen LogP) is -1.28. The predicted molar refractivity (Wildman–Crippen MR) is 44.7 cm³/mol. The second kappa shape index (κ2) is 1.81. The van der Waals surface area contributed by atoms with Crippen molar-refractivity contribution in [3.8, 4) is 0 Å². The van der Waals surface area contributed by atoms with E-state index in [0.29, 0.717) is 17.3 Å². The van der Waals surface area contributed by atoms with E-state index in [4.69, 9.17) is 17.3 Å². The monoisotopic (exact) mass is 167 g/mol. The van der Waals surface area contributed by atoms with Crippen molar-refractivity contribution in [1.82, 2.24) is 19.3 Å². The molecule has 0 bridgehead atoms. The summed E-state index contributed by atoms with van der Waals surface area (Å²) in [6.07, 6.45) is 0. The van der Waals surface area contributed by atoms with Crippen LogP contribution in [0.5, 0.6) is 0 Å². The summed E-state index contributed by atoms with van der Waals surface area (Å²) in [5, 5.41) is 0. The summed E-state index contributed by atoms with van der Waals surface area (Å²) in [5.74, 6) is 6.76. The molecule has 2 aromatic heterocycles. The van der Waals surface area contributed by atoms with E-state index in [1.165, 1.54) is 9.31 Å². The van der Waals surface area contributed by atoms with Crippen LogP contribution in [0.15, 0.2) is 0 Å². The number of nitrogens with zero attached hydrogens (tertiary/aromatic N) is 4. The Kier molecular flexibility index (Phi) is 1.02. The molecule has 0 unspecified atom stereocenters. The number of nitrogen functional groups attached to an aromatic ring is 3. The van der Waals surface area contributed by atoms with E-state index in [9.17, 15) is 0 Å². The summed E-state index contributed by atoms with van der Waals surface area (Å²) in [6.45, 7) is 1.76. The van der Waals surface area contributed by atoms with E-state index >= 15 is 0 Å². The molecule has 0 radical (unpaired) electrons. The van der Waals surface area contributed by atoms with Gasteiger partial charge in [-0.2, -0.15) is 14.3 Å². The van der Waals surface area contributed by atoms with Gasteiger partial charge >= 0.3 is 0 Å². The second-order valence-electron chi connectivity index (χ2n) is 2.49. The number of imidazole rings is 1. The molecule has 0 spiro atoms. The highest BCUT2D eigenvalue weighted by Gasteiger charge is 2.12. The minimum Gasteiger partial charge on any atom is -0.380 e. The van der Waals surface area contributed by atoms with Crippen LogP contribution in [-0.4, -0.2) is 19.3 Å². The van der Waals surface area contributed by atoms with Crippen molar-refractivity contribution in [3.05, 3.63) is 5.82 Å². The minimum absolute atomic E-state index is 0.241. The SMILES string of the molecule is Cc1nc2c(N)nc(N)n2n1N. The number of anilines is 2. The van der Waals surface area contributed by atoms with E-state index < -0.39 is 0 Å². The normalized spacial score (nSPS) is 11.1. The highest BCUT2D eigenvalue weighted by atomic mass is 15.6. The number of aromatic nitrogens is 4. The molecule has 6 N–H and O–H groups in total. The summed E-state index contributed by atoms with van der Waals surface area (Å²) in [5.41, 5.74) is 11.5. The number of nitrogens with two attached hydrogens (primary N) is 3. The lowest BCUT2D eigenvalue weighted by Crippen LogP contribution is -2.17. The molecule has 2 heterocycles. The van der Waals surface area contributed by atoms with E-state index in [1.54, 1.807) is 6.92 Å². The molecule has 0 aliphatic carbocycles. The molecule has 0 fully saturated rings. The largest absolute Gasteiger partial charge is 0.380 e. The number of hydrogen-bond donors (Lipinski definition) is 3. The van der Waals surface area contributed by atoms with Gasteiger partial charge in [0.15, 0.2) is 5.82 Å². The maximum atomic E-state index is 5.59. The van der Waals surface area contributed by atoms with Gasteiger partial charge in [0, 0.05) is 0 Å². The third kappa shape index (κ3) is 0.595. The van der Waals surface area contributed by atoms with Crippen LogP contribution in [0.3, 0.4) is 0 Å². The van der Waals surface area contributed by atoms with Gasteiger partial charge in [0.05, 0.1) is 0 Å². The van der Waals surface area contributed by atoms with Gasteiger partial charge < -0.3 is 17.3 Å². The maximum Gasteiger partial charge on any atom is 0.225 e. The fourth-order valence-corrected chi connectivity index (χ4v) is 1.10. The first kappa shape index (κ1) is 6.77. The third-order valence-electron chi connectivity index (χ3n) is 1.70. The highest BCUT2D eigenvalue weighted by molar-refractivity contribution is 5.64. The van der Waals surface area contributed by atoms with Crippen LogP contribution < -0.4 is 17.3 Å². The Morgan fingerprint density at radius 1 is 1.25 bits per heavy atom. The Bertz CT molecular complexity index is 436. The van der Waals surface area contributed by atoms with Crippen molar-refractivity contribution in [3.63, 3.8) is 0 Å². The zero-order valence-corrected chi connectivity index (χ0v) is 6.52. The number of hydrogen-bond acceptors (Lipinski definition) is 5. The summed E-state index contributed by atoms with van der Waals surface area (Å²) in [7, 11) is 0. The van der Waals surface area contributed by atoms with Crippen molar-refractivity contribution in [2.45, 2.75) is 6.92 Å². The molecular weight excluding hydrogens is 158 g/mol. The Labute approximate surface area is 67.7 Å². The van der Waals surface area contributed by atoms with Crippen LogP contribution in [0, 0.1) is 6.92 Å². The molecule has 7 nitrogen and oxygen atoms in total. The van der Waals surface area contributed by atoms with Crippen LogP contribution in [0.1, 0.15) is 5.82 Å². The average molecular weight is 167 g/mol. The lowest BCUT2D eigenvalue weighted by atomic mass is 10.7. The molecule has 0 aliphatic rings. The molecular formula is C5H9N7. The molecule has 0 aromatic carbocycles. The van der Waals surface area contributed by atoms with Crippen LogP contribution in [0.25, 0.3) is 5.65 Å². The molecule has 2 rings (SSSR count). The standard InChI is InChI=1S/C5H9N7/c1-2-9-4-3(6)10-5(7)11(4)12(2)8/h6,8H2,1H3,(H2,7,10). The number of fused-ring (bicyclic) bond motifs is 1. The molecule has 0 saturated carbocycles. The highest BCUT2D eigenvalue weighted by Crippen LogP contribution is 2.14. The molecule has 2 aromatic rings. The minimum atomic E-state index is 0.241. The van der Waals surface area contributed by atoms with Gasteiger partial charge in [-0.15, -0.1) is 0 Å². The Morgan fingerprint density at radius 3 is 2.50 bits per heavy atom. The van der Waals surface area contributed by atoms with Crippen molar-refractivity contribution in [2.75, 3.05) is 17.3 Å². The van der Waals surface area contributed by atoms with Gasteiger partial charge in [-0.05, 0) is 6.92 Å². The molecule has 0 saturated heterocycles. The molecule has 7 heteroatoms. The second-order valence-corrected chi connectivity index (χ2v) is 2.49. The van der Waals surface area contributed by atoms with Gasteiger partial charge in [-0.25, -0.2) is 4.98 Å². The lowest BCUT2D eigenvalue weighted by molar-refractivity contribution is 0.735. The third-order valence-corrected chi connectivity index (χ3v) is 1.70. The zero-order valence-electron chi connectivity index (χ0n) is 6.52. The van der Waals surface area contributed by atoms with Crippen molar-refractivity contribution < 1.29 is 0 Å². The number of rotatable bonds is 0. The summed E-state index contributed by atoms with van der Waals surface area (Å²) in [4.78, 5) is 9.17. The van der Waals surface area contributed by atoms with E-state index in [2.05, 4.69) is 9.97 Å². The quantitative estimate of drug-likeness (QED) is 0.423. The summed E-state index contributed by atoms with van der Waals surface area (Å²) in [6, 6.07) is 0. The maximum absolute atomic E-state index is 5.59. The van der Waals surface area contributed by atoms with E-state index in [1.807, 2.05) is 0 Å². The molecule has 0 amide bonds. The van der Waals surface area contributed by atoms with Gasteiger partial charge in [0.1, 0.15) is 5.82 Å². The Hall–Kier alpha value is -1.92. The number of aryl methyl sites for hydroxylation is 1. The van der Waals surface area contributed by atoms with Gasteiger partial charge in [0.2, 0.25) is 11.6 Å². The smallest absolute Gasteiger partial charge is 0.225 e. The fraction of sp³-hybridized carbons (Fsp3) is 0.200. The molecule has 0 aliphatic heterocycles. The van der Waals surface area contributed by atoms with Gasteiger partial charge in [-0.1, -0.05) is 0 Å². The molecule has 0 atom stereocenters. The topological polar surface area (TPSA) is 113 Å². The zero-order chi connectivity index (χ0) is 8.88. The van der Waals surface area contributed by atoms with Crippen LogP contribution >= 0.6 is 0 Å². The van der Waals surface area contributed by atoms with Crippen molar-refractivity contribution >= 4 is 17.4 Å². The lowest BCUT2D eigenvalue weighted by Gasteiger charge is -1.96. The van der Waals surface area contributed by atoms with Crippen molar-refractivity contribution in [2.24, 2.45) is 0 Å². The van der Waals surface area contributed by atoms with E-state index in [0.717, 1.165) is 0 Å². The van der Waals surface area contributed by atoms with Crippen LogP contribution in [0.2, 0.25) is 0 Å². The molecule has 64 valence electrons. The average Bonchev–Trinajstić information content (AvgIpc) is 2.41. The summed E-state index contributed by atoms with van der Waals surface area (Å²) < 4.78 is 1.45. The van der Waals surface area contributed by atoms with Gasteiger partial charge in [-0.3, -0.25) is 0 Å². The molecule has 12 heavy (non-hydrogen) atoms.